The van der Waals surface area contributed by atoms with Gasteiger partial charge in [-0.3, -0.25) is 0 Å². The van der Waals surface area contributed by atoms with E-state index in [2.05, 4.69) is 0 Å². The first-order valence-corrected chi connectivity index (χ1v) is 7.74. The van der Waals surface area contributed by atoms with Crippen molar-refractivity contribution in [1.29, 1.82) is 0 Å². The molecular formula is C16H21Cl2NO. The zero-order valence-electron chi connectivity index (χ0n) is 11.5. The third-order valence-corrected chi connectivity index (χ3v) is 5.56. The smallest absolute Gasteiger partial charge is 0.138 e. The van der Waals surface area contributed by atoms with Crippen molar-refractivity contribution in [2.75, 3.05) is 5.73 Å². The molecule has 2 nitrogen and oxygen atoms in total. The quantitative estimate of drug-likeness (QED) is 0.804. The van der Waals surface area contributed by atoms with Gasteiger partial charge in [-0.1, -0.05) is 11.6 Å². The molecule has 5 rings (SSSR count). The lowest BCUT2D eigenvalue weighted by Crippen LogP contribution is -2.53. The molecule has 0 unspecified atom stereocenters. The Morgan fingerprint density at radius 1 is 1.05 bits per heavy atom. The second kappa shape index (κ2) is 4.99. The fourth-order valence-corrected chi connectivity index (χ4v) is 5.22. The maximum atomic E-state index is 6.41. The Kier molecular flexibility index (Phi) is 3.58. The number of rotatable bonds is 2. The largest absolute Gasteiger partial charge is 0.486 e. The number of halogens is 2. The van der Waals surface area contributed by atoms with Crippen molar-refractivity contribution < 1.29 is 4.74 Å². The monoisotopic (exact) mass is 313 g/mol. The second-order valence-corrected chi connectivity index (χ2v) is 7.30. The molecule has 0 saturated heterocycles. The highest BCUT2D eigenvalue weighted by atomic mass is 35.5. The molecule has 4 saturated carbocycles. The molecule has 4 bridgehead atoms. The summed E-state index contributed by atoms with van der Waals surface area (Å²) < 4.78 is 6.41. The molecule has 0 aliphatic heterocycles. The molecular weight excluding hydrogens is 293 g/mol. The Balaban J connectivity index is 0.00000121. The van der Waals surface area contributed by atoms with E-state index in [0.717, 1.165) is 23.5 Å². The highest BCUT2D eigenvalue weighted by Gasteiger charge is 2.52. The molecule has 1 aromatic rings. The molecule has 0 amide bonds. The van der Waals surface area contributed by atoms with Gasteiger partial charge in [0.25, 0.3) is 0 Å². The van der Waals surface area contributed by atoms with Crippen molar-refractivity contribution in [2.24, 2.45) is 17.8 Å². The van der Waals surface area contributed by atoms with Crippen LogP contribution in [-0.4, -0.2) is 5.60 Å². The van der Waals surface area contributed by atoms with Crippen molar-refractivity contribution in [3.8, 4) is 5.75 Å². The molecule has 110 valence electrons. The Labute approximate surface area is 131 Å². The van der Waals surface area contributed by atoms with Crippen LogP contribution in [0.4, 0.5) is 5.69 Å². The maximum absolute atomic E-state index is 6.41. The van der Waals surface area contributed by atoms with Gasteiger partial charge in [-0.05, 0) is 74.5 Å². The maximum Gasteiger partial charge on any atom is 0.138 e. The van der Waals surface area contributed by atoms with E-state index in [4.69, 9.17) is 22.1 Å². The van der Waals surface area contributed by atoms with Crippen LogP contribution in [0.25, 0.3) is 0 Å². The fraction of sp³-hybridized carbons (Fsp3) is 0.625. The van der Waals surface area contributed by atoms with Crippen LogP contribution in [-0.2, 0) is 0 Å². The second-order valence-electron chi connectivity index (χ2n) is 6.89. The lowest BCUT2D eigenvalue weighted by atomic mass is 9.54. The van der Waals surface area contributed by atoms with Crippen LogP contribution < -0.4 is 10.5 Å². The molecule has 0 heterocycles. The highest BCUT2D eigenvalue weighted by molar-refractivity contribution is 6.32. The minimum absolute atomic E-state index is 0. The molecule has 0 spiro atoms. The Morgan fingerprint density at radius 3 is 2.10 bits per heavy atom. The Morgan fingerprint density at radius 2 is 1.60 bits per heavy atom. The zero-order chi connectivity index (χ0) is 13.0. The molecule has 4 fully saturated rings. The topological polar surface area (TPSA) is 35.2 Å². The first-order valence-electron chi connectivity index (χ1n) is 7.36. The fourth-order valence-electron chi connectivity index (χ4n) is 4.99. The van der Waals surface area contributed by atoms with Gasteiger partial charge in [-0.25, -0.2) is 0 Å². The molecule has 4 aliphatic carbocycles. The first kappa shape index (κ1) is 14.3. The number of ether oxygens (including phenoxy) is 1. The van der Waals surface area contributed by atoms with E-state index < -0.39 is 0 Å². The summed E-state index contributed by atoms with van der Waals surface area (Å²) in [7, 11) is 0. The summed E-state index contributed by atoms with van der Waals surface area (Å²) in [5, 5.41) is 0.649. The van der Waals surface area contributed by atoms with E-state index in [1.165, 1.54) is 38.5 Å². The number of hydrogen-bond donors (Lipinski definition) is 1. The summed E-state index contributed by atoms with van der Waals surface area (Å²) in [6, 6.07) is 5.59. The van der Waals surface area contributed by atoms with Gasteiger partial charge < -0.3 is 10.5 Å². The molecule has 0 atom stereocenters. The highest BCUT2D eigenvalue weighted by Crippen LogP contribution is 2.57. The van der Waals surface area contributed by atoms with Crippen LogP contribution >= 0.6 is 24.0 Å². The van der Waals surface area contributed by atoms with Gasteiger partial charge in [0.1, 0.15) is 11.4 Å². The Bertz CT molecular complexity index is 482. The molecule has 0 radical (unpaired) electrons. The standard InChI is InChI=1S/C16H20ClNO.ClH/c17-14-6-13(18)1-2-15(14)19-16-7-10-3-11(8-16)5-12(4-10)9-16;/h1-2,6,10-12H,3-5,7-9,18H2;1H. The summed E-state index contributed by atoms with van der Waals surface area (Å²) in [5.74, 6) is 3.48. The SMILES string of the molecule is Cl.Nc1ccc(OC23CC4CC(CC(C4)C2)C3)c(Cl)c1. The zero-order valence-corrected chi connectivity index (χ0v) is 13.1. The van der Waals surface area contributed by atoms with Crippen molar-refractivity contribution >= 4 is 29.7 Å². The van der Waals surface area contributed by atoms with Gasteiger partial charge in [0.15, 0.2) is 0 Å². The van der Waals surface area contributed by atoms with Gasteiger partial charge in [0.2, 0.25) is 0 Å². The van der Waals surface area contributed by atoms with E-state index >= 15 is 0 Å². The van der Waals surface area contributed by atoms with Crippen LogP contribution in [0.2, 0.25) is 5.02 Å². The normalized spacial score (nSPS) is 37.5. The molecule has 0 aromatic heterocycles. The number of nitrogen functional groups attached to an aromatic ring is 1. The van der Waals surface area contributed by atoms with Gasteiger partial charge in [-0.15, -0.1) is 12.4 Å². The summed E-state index contributed by atoms with van der Waals surface area (Å²) in [6.07, 6.45) is 7.95. The van der Waals surface area contributed by atoms with Gasteiger partial charge in [0.05, 0.1) is 5.02 Å². The van der Waals surface area contributed by atoms with E-state index in [9.17, 15) is 0 Å². The van der Waals surface area contributed by atoms with Crippen molar-refractivity contribution in [3.63, 3.8) is 0 Å². The average molecular weight is 314 g/mol. The lowest BCUT2D eigenvalue weighted by molar-refractivity contribution is -0.107. The van der Waals surface area contributed by atoms with Crippen LogP contribution in [0.3, 0.4) is 0 Å². The van der Waals surface area contributed by atoms with Crippen molar-refractivity contribution in [3.05, 3.63) is 23.2 Å². The number of hydrogen-bond acceptors (Lipinski definition) is 2. The third-order valence-electron chi connectivity index (χ3n) is 5.26. The number of nitrogens with two attached hydrogens (primary N) is 1. The average Bonchev–Trinajstić information content (AvgIpc) is 2.31. The third kappa shape index (κ3) is 2.37. The van der Waals surface area contributed by atoms with E-state index in [0.29, 0.717) is 10.7 Å². The van der Waals surface area contributed by atoms with Gasteiger partial charge in [0, 0.05) is 5.69 Å². The van der Waals surface area contributed by atoms with Crippen LogP contribution in [0.1, 0.15) is 38.5 Å². The van der Waals surface area contributed by atoms with Crippen LogP contribution in [0, 0.1) is 17.8 Å². The van der Waals surface area contributed by atoms with E-state index in [-0.39, 0.29) is 18.0 Å². The van der Waals surface area contributed by atoms with Gasteiger partial charge in [-0.2, -0.15) is 0 Å². The number of anilines is 1. The predicted molar refractivity (Wildman–Crippen MR) is 84.6 cm³/mol. The van der Waals surface area contributed by atoms with Gasteiger partial charge >= 0.3 is 0 Å². The van der Waals surface area contributed by atoms with Crippen molar-refractivity contribution in [1.82, 2.24) is 0 Å². The Hall–Kier alpha value is -0.600. The number of benzene rings is 1. The molecule has 4 aliphatic rings. The summed E-state index contributed by atoms with van der Waals surface area (Å²) in [5.41, 5.74) is 6.51. The van der Waals surface area contributed by atoms with Crippen LogP contribution in [0.5, 0.6) is 5.75 Å². The predicted octanol–water partition coefficient (Wildman–Crippen LogP) is 4.69. The summed E-state index contributed by atoms with van der Waals surface area (Å²) in [4.78, 5) is 0. The molecule has 1 aromatic carbocycles. The lowest BCUT2D eigenvalue weighted by Gasteiger charge is -2.56. The summed E-state index contributed by atoms with van der Waals surface area (Å²) in [6.45, 7) is 0. The minimum Gasteiger partial charge on any atom is -0.486 e. The minimum atomic E-state index is 0. The molecule has 4 heteroatoms. The van der Waals surface area contributed by atoms with E-state index in [1.54, 1.807) is 6.07 Å². The van der Waals surface area contributed by atoms with Crippen LogP contribution in [0.15, 0.2) is 18.2 Å². The van der Waals surface area contributed by atoms with Crippen molar-refractivity contribution in [2.45, 2.75) is 44.1 Å². The first-order chi connectivity index (χ1) is 9.12. The molecule has 20 heavy (non-hydrogen) atoms. The van der Waals surface area contributed by atoms with E-state index in [1.807, 2.05) is 12.1 Å². The summed E-state index contributed by atoms with van der Waals surface area (Å²) >= 11 is 6.26. The molecule has 2 N–H and O–H groups in total.